The molecule has 32 heavy (non-hydrogen) atoms. The van der Waals surface area contributed by atoms with Crippen LogP contribution in [0, 0.1) is 5.82 Å². The van der Waals surface area contributed by atoms with Gasteiger partial charge in [0.15, 0.2) is 5.94 Å². The quantitative estimate of drug-likeness (QED) is 0.347. The number of benzene rings is 2. The molecule has 6 nitrogen and oxygen atoms in total. The van der Waals surface area contributed by atoms with Crippen molar-refractivity contribution in [3.63, 3.8) is 0 Å². The van der Waals surface area contributed by atoms with Gasteiger partial charge in [0.25, 0.3) is 0 Å². The van der Waals surface area contributed by atoms with Crippen LogP contribution in [0.5, 0.6) is 0 Å². The van der Waals surface area contributed by atoms with Crippen LogP contribution < -0.4 is 5.73 Å². The van der Waals surface area contributed by atoms with Crippen LogP contribution >= 0.6 is 12.4 Å². The van der Waals surface area contributed by atoms with Crippen molar-refractivity contribution < 1.29 is 17.5 Å². The lowest BCUT2D eigenvalue weighted by Crippen LogP contribution is -2.22. The van der Waals surface area contributed by atoms with Gasteiger partial charge in [-0.05, 0) is 29.8 Å². The Morgan fingerprint density at radius 2 is 1.75 bits per heavy atom. The number of hydrogen-bond donors (Lipinski definition) is 1. The van der Waals surface area contributed by atoms with Gasteiger partial charge in [-0.3, -0.25) is 4.98 Å². The van der Waals surface area contributed by atoms with E-state index in [2.05, 4.69) is 29.6 Å². The molecule has 0 atom stereocenters. The van der Waals surface area contributed by atoms with Crippen LogP contribution in [-0.2, 0) is 14.6 Å². The SMILES string of the molecule is C[Si](C)(C)CCOCS(=O)(=O)c1ccccc1-c1ccc(-c2cnc(N)cn2)c(F)c1.Cl. The van der Waals surface area contributed by atoms with Crippen molar-refractivity contribution in [2.75, 3.05) is 18.3 Å². The van der Waals surface area contributed by atoms with Crippen LogP contribution in [0.3, 0.4) is 0 Å². The predicted octanol–water partition coefficient (Wildman–Crippen LogP) is 5.04. The van der Waals surface area contributed by atoms with Gasteiger partial charge < -0.3 is 10.5 Å². The van der Waals surface area contributed by atoms with Crippen molar-refractivity contribution in [2.45, 2.75) is 30.6 Å². The number of anilines is 1. The van der Waals surface area contributed by atoms with E-state index in [9.17, 15) is 12.8 Å². The lowest BCUT2D eigenvalue weighted by molar-refractivity contribution is 0.191. The summed E-state index contributed by atoms with van der Waals surface area (Å²) in [6.07, 6.45) is 2.75. The second-order valence-corrected chi connectivity index (χ2v) is 16.0. The molecule has 0 aliphatic rings. The molecule has 0 aliphatic carbocycles. The number of halogens is 2. The van der Waals surface area contributed by atoms with Gasteiger partial charge in [0, 0.05) is 25.8 Å². The number of aromatic nitrogens is 2. The van der Waals surface area contributed by atoms with E-state index in [0.29, 0.717) is 23.4 Å². The highest BCUT2D eigenvalue weighted by atomic mass is 35.5. The van der Waals surface area contributed by atoms with Gasteiger partial charge in [-0.15, -0.1) is 12.4 Å². The Morgan fingerprint density at radius 1 is 1.03 bits per heavy atom. The summed E-state index contributed by atoms with van der Waals surface area (Å²) in [6, 6.07) is 11.9. The topological polar surface area (TPSA) is 95.2 Å². The molecular weight excluding hydrogens is 469 g/mol. The Bertz CT molecular complexity index is 1170. The lowest BCUT2D eigenvalue weighted by Gasteiger charge is -2.16. The molecule has 0 radical (unpaired) electrons. The van der Waals surface area contributed by atoms with E-state index in [1.165, 1.54) is 24.5 Å². The average Bonchev–Trinajstić information content (AvgIpc) is 2.71. The maximum atomic E-state index is 14.8. The molecule has 0 unspecified atom stereocenters. The zero-order valence-corrected chi connectivity index (χ0v) is 20.8. The molecule has 0 saturated carbocycles. The fourth-order valence-electron chi connectivity index (χ4n) is 2.95. The third kappa shape index (κ3) is 6.58. The van der Waals surface area contributed by atoms with E-state index < -0.39 is 29.7 Å². The number of nitrogens with zero attached hydrogens (tertiary/aromatic N) is 2. The van der Waals surface area contributed by atoms with Crippen molar-refractivity contribution in [1.29, 1.82) is 0 Å². The minimum absolute atomic E-state index is 0. The van der Waals surface area contributed by atoms with Gasteiger partial charge in [0.2, 0.25) is 9.84 Å². The Balaban J connectivity index is 0.00000363. The molecule has 0 saturated heterocycles. The van der Waals surface area contributed by atoms with Crippen molar-refractivity contribution in [1.82, 2.24) is 9.97 Å². The molecule has 172 valence electrons. The highest BCUT2D eigenvalue weighted by Gasteiger charge is 2.21. The lowest BCUT2D eigenvalue weighted by atomic mass is 10.0. The average molecular weight is 496 g/mol. The minimum atomic E-state index is -3.70. The zero-order chi connectivity index (χ0) is 22.6. The summed E-state index contributed by atoms with van der Waals surface area (Å²) in [4.78, 5) is 8.14. The van der Waals surface area contributed by atoms with Crippen LogP contribution in [0.1, 0.15) is 0 Å². The van der Waals surface area contributed by atoms with E-state index in [4.69, 9.17) is 10.5 Å². The Kier molecular flexibility index (Phi) is 8.52. The van der Waals surface area contributed by atoms with Gasteiger partial charge in [-0.25, -0.2) is 17.8 Å². The molecule has 1 heterocycles. The first-order valence-corrected chi connectivity index (χ1v) is 15.2. The number of hydrogen-bond acceptors (Lipinski definition) is 6. The maximum absolute atomic E-state index is 14.8. The molecule has 3 aromatic rings. The number of rotatable bonds is 8. The van der Waals surface area contributed by atoms with Crippen molar-refractivity contribution >= 4 is 36.1 Å². The van der Waals surface area contributed by atoms with Crippen molar-refractivity contribution in [3.05, 3.63) is 60.7 Å². The van der Waals surface area contributed by atoms with Crippen LogP contribution in [0.4, 0.5) is 10.2 Å². The van der Waals surface area contributed by atoms with Gasteiger partial charge in [0.05, 0.1) is 23.0 Å². The summed E-state index contributed by atoms with van der Waals surface area (Å²) in [5.74, 6) is -0.696. The van der Waals surface area contributed by atoms with Gasteiger partial charge in [-0.2, -0.15) is 0 Å². The molecule has 2 aromatic carbocycles. The van der Waals surface area contributed by atoms with Gasteiger partial charge in [0.1, 0.15) is 11.6 Å². The highest BCUT2D eigenvalue weighted by molar-refractivity contribution is 7.91. The van der Waals surface area contributed by atoms with E-state index in [1.54, 1.807) is 30.3 Å². The zero-order valence-electron chi connectivity index (χ0n) is 18.2. The Labute approximate surface area is 195 Å². The molecule has 0 aliphatic heterocycles. The molecule has 2 N–H and O–H groups in total. The van der Waals surface area contributed by atoms with Crippen LogP contribution in [0.2, 0.25) is 25.7 Å². The first-order valence-electron chi connectivity index (χ1n) is 9.84. The number of nitrogens with two attached hydrogens (primary N) is 1. The third-order valence-corrected chi connectivity index (χ3v) is 7.89. The van der Waals surface area contributed by atoms with E-state index >= 15 is 0 Å². The standard InChI is InChI=1S/C22H26FN3O3SSi.ClH/c1-31(2,3)11-10-29-15-30(27,28)21-7-5-4-6-17(21)16-8-9-18(19(23)12-16)20-13-26-22(24)14-25-20;/h4-9,12-14H,10-11,15H2,1-3H3,(H2,24,26);1H. The summed E-state index contributed by atoms with van der Waals surface area (Å²) in [5, 5.41) is 0. The predicted molar refractivity (Wildman–Crippen MR) is 131 cm³/mol. The fraction of sp³-hybridized carbons (Fsp3) is 0.273. The molecule has 0 amide bonds. The van der Waals surface area contributed by atoms with Gasteiger partial charge >= 0.3 is 0 Å². The second-order valence-electron chi connectivity index (χ2n) is 8.47. The van der Waals surface area contributed by atoms with E-state index in [-0.39, 0.29) is 28.7 Å². The monoisotopic (exact) mass is 495 g/mol. The summed E-state index contributed by atoms with van der Waals surface area (Å²) >= 11 is 0. The third-order valence-electron chi connectivity index (χ3n) is 4.68. The van der Waals surface area contributed by atoms with Gasteiger partial charge in [-0.1, -0.05) is 43.9 Å². The molecule has 1 aromatic heterocycles. The van der Waals surface area contributed by atoms with Crippen LogP contribution in [0.25, 0.3) is 22.4 Å². The van der Waals surface area contributed by atoms with Crippen molar-refractivity contribution in [2.24, 2.45) is 0 Å². The number of ether oxygens (including phenoxy) is 1. The molecular formula is C22H27ClFN3O3SSi. The highest BCUT2D eigenvalue weighted by Crippen LogP contribution is 2.31. The molecule has 3 rings (SSSR count). The fourth-order valence-corrected chi connectivity index (χ4v) is 4.98. The Morgan fingerprint density at radius 3 is 2.38 bits per heavy atom. The largest absolute Gasteiger partial charge is 0.382 e. The summed E-state index contributed by atoms with van der Waals surface area (Å²) < 4.78 is 46.2. The van der Waals surface area contributed by atoms with E-state index in [0.717, 1.165) is 6.04 Å². The van der Waals surface area contributed by atoms with Crippen LogP contribution in [0.15, 0.2) is 59.8 Å². The summed E-state index contributed by atoms with van der Waals surface area (Å²) in [6.45, 7) is 7.01. The number of sulfone groups is 1. The normalized spacial score (nSPS) is 11.8. The second kappa shape index (κ2) is 10.5. The van der Waals surface area contributed by atoms with Crippen molar-refractivity contribution in [3.8, 4) is 22.4 Å². The summed E-state index contributed by atoms with van der Waals surface area (Å²) in [5.41, 5.74) is 7.00. The molecule has 0 fully saturated rings. The first kappa shape index (κ1) is 25.9. The molecule has 0 bridgehead atoms. The molecule has 10 heteroatoms. The first-order chi connectivity index (χ1) is 14.6. The maximum Gasteiger partial charge on any atom is 0.202 e. The minimum Gasteiger partial charge on any atom is -0.382 e. The Hall–Kier alpha value is -2.33. The molecule has 0 spiro atoms. The smallest absolute Gasteiger partial charge is 0.202 e. The van der Waals surface area contributed by atoms with Crippen LogP contribution in [-0.4, -0.2) is 39.0 Å². The number of nitrogen functional groups attached to an aromatic ring is 1. The summed E-state index contributed by atoms with van der Waals surface area (Å²) in [7, 11) is -5.02. The van der Waals surface area contributed by atoms with E-state index in [1.807, 2.05) is 0 Å².